The minimum atomic E-state index is -0.415. The van der Waals surface area contributed by atoms with E-state index in [2.05, 4.69) is 10.3 Å². The van der Waals surface area contributed by atoms with Crippen molar-refractivity contribution in [3.05, 3.63) is 107 Å². The lowest BCUT2D eigenvalue weighted by atomic mass is 10.0. The second kappa shape index (κ2) is 7.22. The third-order valence-corrected chi connectivity index (χ3v) is 5.52. The van der Waals surface area contributed by atoms with Crippen molar-refractivity contribution in [1.29, 1.82) is 0 Å². The molecule has 2 heterocycles. The minimum absolute atomic E-state index is 0.0302. The zero-order valence-corrected chi connectivity index (χ0v) is 16.3. The summed E-state index contributed by atoms with van der Waals surface area (Å²) in [5.74, 6) is -0.0302. The first-order valence-electron chi connectivity index (χ1n) is 9.46. The Labute approximate surface area is 173 Å². The number of hydrogen-bond donors (Lipinski definition) is 1. The van der Waals surface area contributed by atoms with Crippen LogP contribution in [0.4, 0.5) is 5.69 Å². The van der Waals surface area contributed by atoms with E-state index in [0.29, 0.717) is 17.3 Å². The number of aromatic nitrogens is 1. The van der Waals surface area contributed by atoms with Gasteiger partial charge in [-0.2, -0.15) is 0 Å². The van der Waals surface area contributed by atoms with Gasteiger partial charge < -0.3 is 10.2 Å². The van der Waals surface area contributed by atoms with Gasteiger partial charge >= 0.3 is 0 Å². The van der Waals surface area contributed by atoms with Crippen LogP contribution in [0.15, 0.2) is 84.9 Å². The van der Waals surface area contributed by atoms with Crippen LogP contribution in [0, 0.1) is 0 Å². The number of carbonyl (C=O) groups is 1. The molecule has 0 fully saturated rings. The molecule has 4 aromatic rings. The minimum Gasteiger partial charge on any atom is -0.361 e. The van der Waals surface area contributed by atoms with Gasteiger partial charge in [-0.1, -0.05) is 72.3 Å². The Kier molecular flexibility index (Phi) is 4.41. The van der Waals surface area contributed by atoms with Crippen molar-refractivity contribution >= 4 is 34.1 Å². The summed E-state index contributed by atoms with van der Waals surface area (Å²) in [5.41, 5.74) is 4.13. The smallest absolute Gasteiger partial charge is 0.258 e. The van der Waals surface area contributed by atoms with E-state index >= 15 is 0 Å². The Morgan fingerprint density at radius 3 is 2.52 bits per heavy atom. The molecule has 0 unspecified atom stereocenters. The van der Waals surface area contributed by atoms with Gasteiger partial charge in [-0.15, -0.1) is 0 Å². The first kappa shape index (κ1) is 17.7. The topological polar surface area (TPSA) is 45.2 Å². The summed E-state index contributed by atoms with van der Waals surface area (Å²) in [6.45, 7) is 0.467. The number of benzene rings is 3. The van der Waals surface area contributed by atoms with Crippen LogP contribution in [0.25, 0.3) is 10.9 Å². The summed E-state index contributed by atoms with van der Waals surface area (Å²) in [4.78, 5) is 19.8. The standard InChI is InChI=1S/C24H18ClN3O/c25-22-19(14-17-10-4-6-12-20(17)26-22)23-27-21-13-7-5-11-18(21)24(29)28(23)15-16-8-2-1-3-9-16/h1-14,23,27H,15H2/t23-/m1/s1. The molecule has 0 bridgehead atoms. The number of halogens is 1. The van der Waals surface area contributed by atoms with E-state index in [-0.39, 0.29) is 5.91 Å². The van der Waals surface area contributed by atoms with Crippen molar-refractivity contribution in [2.24, 2.45) is 0 Å². The maximum Gasteiger partial charge on any atom is 0.258 e. The molecule has 0 spiro atoms. The quantitative estimate of drug-likeness (QED) is 0.452. The molecule has 3 aromatic carbocycles. The van der Waals surface area contributed by atoms with Gasteiger partial charge in [-0.25, -0.2) is 4.98 Å². The molecule has 0 aliphatic carbocycles. The van der Waals surface area contributed by atoms with E-state index in [1.165, 1.54) is 0 Å². The predicted octanol–water partition coefficient (Wildman–Crippen LogP) is 5.65. The van der Waals surface area contributed by atoms with Crippen LogP contribution < -0.4 is 5.32 Å². The molecule has 0 saturated carbocycles. The van der Waals surface area contributed by atoms with Crippen LogP contribution in [0.2, 0.25) is 5.15 Å². The fourth-order valence-corrected chi connectivity index (χ4v) is 4.03. The van der Waals surface area contributed by atoms with Crippen molar-refractivity contribution in [2.45, 2.75) is 12.7 Å². The predicted molar refractivity (Wildman–Crippen MR) is 116 cm³/mol. The Bertz CT molecular complexity index is 1210. The van der Waals surface area contributed by atoms with Gasteiger partial charge in [0.1, 0.15) is 11.3 Å². The summed E-state index contributed by atoms with van der Waals surface area (Å²) in [6, 6.07) is 27.4. The average Bonchev–Trinajstić information content (AvgIpc) is 2.76. The SMILES string of the molecule is O=C1c2ccccc2N[C@@H](c2cc3ccccc3nc2Cl)N1Cc1ccccc1. The fourth-order valence-electron chi connectivity index (χ4n) is 3.78. The summed E-state index contributed by atoms with van der Waals surface area (Å²) >= 11 is 6.59. The molecule has 1 amide bonds. The molecule has 1 atom stereocenters. The van der Waals surface area contributed by atoms with Crippen LogP contribution in [-0.2, 0) is 6.54 Å². The number of nitrogens with one attached hydrogen (secondary N) is 1. The summed E-state index contributed by atoms with van der Waals surface area (Å²) in [6.07, 6.45) is -0.415. The number of amides is 1. The van der Waals surface area contributed by atoms with E-state index in [9.17, 15) is 4.79 Å². The van der Waals surface area contributed by atoms with Crippen LogP contribution in [0.3, 0.4) is 0 Å². The van der Waals surface area contributed by atoms with Crippen molar-refractivity contribution in [1.82, 2.24) is 9.88 Å². The lowest BCUT2D eigenvalue weighted by Crippen LogP contribution is -2.42. The zero-order chi connectivity index (χ0) is 19.8. The number of fused-ring (bicyclic) bond motifs is 2. The third-order valence-electron chi connectivity index (χ3n) is 5.22. The first-order valence-corrected chi connectivity index (χ1v) is 9.84. The summed E-state index contributed by atoms with van der Waals surface area (Å²) < 4.78 is 0. The second-order valence-electron chi connectivity index (χ2n) is 7.07. The van der Waals surface area contributed by atoms with Gasteiger partial charge in [0.2, 0.25) is 0 Å². The van der Waals surface area contributed by atoms with E-state index in [0.717, 1.165) is 27.7 Å². The first-order chi connectivity index (χ1) is 14.2. The van der Waals surface area contributed by atoms with Crippen molar-refractivity contribution in [3.8, 4) is 0 Å². The summed E-state index contributed by atoms with van der Waals surface area (Å²) in [5, 5.41) is 4.88. The Morgan fingerprint density at radius 1 is 0.931 bits per heavy atom. The molecular formula is C24H18ClN3O. The maximum atomic E-state index is 13.4. The molecule has 4 nitrogen and oxygen atoms in total. The monoisotopic (exact) mass is 399 g/mol. The molecule has 1 aliphatic rings. The van der Waals surface area contributed by atoms with Crippen molar-refractivity contribution < 1.29 is 4.79 Å². The molecule has 1 N–H and O–H groups in total. The van der Waals surface area contributed by atoms with Gasteiger partial charge in [0.25, 0.3) is 5.91 Å². The maximum absolute atomic E-state index is 13.4. The normalized spacial score (nSPS) is 15.8. The van der Waals surface area contributed by atoms with Gasteiger partial charge in [0.05, 0.1) is 11.1 Å². The number of anilines is 1. The molecule has 0 radical (unpaired) electrons. The lowest BCUT2D eigenvalue weighted by Gasteiger charge is -2.38. The van der Waals surface area contributed by atoms with Gasteiger partial charge in [-0.3, -0.25) is 4.79 Å². The molecule has 5 heteroatoms. The molecule has 142 valence electrons. The molecule has 29 heavy (non-hydrogen) atoms. The van der Waals surface area contributed by atoms with E-state index in [1.54, 1.807) is 0 Å². The highest BCUT2D eigenvalue weighted by molar-refractivity contribution is 6.30. The summed E-state index contributed by atoms with van der Waals surface area (Å²) in [7, 11) is 0. The number of hydrogen-bond acceptors (Lipinski definition) is 3. The van der Waals surface area contributed by atoms with Crippen LogP contribution >= 0.6 is 11.6 Å². The Morgan fingerprint density at radius 2 is 1.66 bits per heavy atom. The average molecular weight is 400 g/mol. The van der Waals surface area contributed by atoms with Crippen LogP contribution in [0.5, 0.6) is 0 Å². The largest absolute Gasteiger partial charge is 0.361 e. The number of carbonyl (C=O) groups excluding carboxylic acids is 1. The van der Waals surface area contributed by atoms with Gasteiger partial charge in [-0.05, 0) is 29.8 Å². The zero-order valence-electron chi connectivity index (χ0n) is 15.5. The van der Waals surface area contributed by atoms with Gasteiger partial charge in [0.15, 0.2) is 0 Å². The molecule has 5 rings (SSSR count). The highest BCUT2D eigenvalue weighted by Gasteiger charge is 2.34. The number of nitrogens with zero attached hydrogens (tertiary/aromatic N) is 2. The van der Waals surface area contributed by atoms with Crippen LogP contribution in [-0.4, -0.2) is 15.8 Å². The number of rotatable bonds is 3. The fraction of sp³-hybridized carbons (Fsp3) is 0.0833. The Hall–Kier alpha value is -3.37. The third kappa shape index (κ3) is 3.22. The van der Waals surface area contributed by atoms with E-state index in [4.69, 9.17) is 11.6 Å². The molecule has 1 aromatic heterocycles. The van der Waals surface area contributed by atoms with Crippen molar-refractivity contribution in [2.75, 3.05) is 5.32 Å². The van der Waals surface area contributed by atoms with E-state index < -0.39 is 6.17 Å². The van der Waals surface area contributed by atoms with E-state index in [1.807, 2.05) is 89.8 Å². The lowest BCUT2D eigenvalue weighted by molar-refractivity contribution is 0.0666. The Balaban J connectivity index is 1.64. The highest BCUT2D eigenvalue weighted by Crippen LogP contribution is 2.37. The highest BCUT2D eigenvalue weighted by atomic mass is 35.5. The molecular weight excluding hydrogens is 382 g/mol. The number of pyridine rings is 1. The second-order valence-corrected chi connectivity index (χ2v) is 7.43. The van der Waals surface area contributed by atoms with Gasteiger partial charge in [0, 0.05) is 23.2 Å². The molecule has 1 aliphatic heterocycles. The van der Waals surface area contributed by atoms with Crippen molar-refractivity contribution in [3.63, 3.8) is 0 Å². The number of para-hydroxylation sites is 2. The molecule has 0 saturated heterocycles. The van der Waals surface area contributed by atoms with Crippen LogP contribution in [0.1, 0.15) is 27.7 Å².